The predicted molar refractivity (Wildman–Crippen MR) is 86.4 cm³/mol. The lowest BCUT2D eigenvalue weighted by atomic mass is 10.2. The number of amides is 1. The first-order chi connectivity index (χ1) is 10.6. The van der Waals surface area contributed by atoms with Crippen LogP contribution in [0.4, 0.5) is 5.69 Å². The fourth-order valence-corrected chi connectivity index (χ4v) is 2.09. The van der Waals surface area contributed by atoms with Gasteiger partial charge < -0.3 is 0 Å². The van der Waals surface area contributed by atoms with Crippen LogP contribution >= 0.6 is 11.8 Å². The summed E-state index contributed by atoms with van der Waals surface area (Å²) in [4.78, 5) is 23.1. The number of nitro groups is 1. The summed E-state index contributed by atoms with van der Waals surface area (Å²) in [5.41, 5.74) is 3.24. The maximum absolute atomic E-state index is 11.9. The summed E-state index contributed by atoms with van der Waals surface area (Å²) < 4.78 is 0. The lowest BCUT2D eigenvalue weighted by Crippen LogP contribution is -2.17. The summed E-state index contributed by atoms with van der Waals surface area (Å²) in [6.45, 7) is 0. The molecule has 2 aromatic rings. The van der Waals surface area contributed by atoms with Crippen molar-refractivity contribution in [2.45, 2.75) is 4.90 Å². The second-order valence-electron chi connectivity index (χ2n) is 4.28. The minimum atomic E-state index is -0.548. The van der Waals surface area contributed by atoms with Crippen LogP contribution in [0.15, 0.2) is 58.5 Å². The predicted octanol–water partition coefficient (Wildman–Crippen LogP) is 3.08. The Balaban J connectivity index is 2.01. The summed E-state index contributed by atoms with van der Waals surface area (Å²) >= 11 is 1.64. The third-order valence-corrected chi connectivity index (χ3v) is 3.56. The van der Waals surface area contributed by atoms with Gasteiger partial charge in [0.1, 0.15) is 0 Å². The first kappa shape index (κ1) is 15.7. The van der Waals surface area contributed by atoms with Crippen LogP contribution in [0, 0.1) is 10.1 Å². The molecule has 22 heavy (non-hydrogen) atoms. The van der Waals surface area contributed by atoms with Gasteiger partial charge in [-0.05, 0) is 30.0 Å². The smallest absolute Gasteiger partial charge is 0.267 e. The van der Waals surface area contributed by atoms with Crippen molar-refractivity contribution in [2.24, 2.45) is 5.10 Å². The van der Waals surface area contributed by atoms with E-state index in [0.717, 1.165) is 10.5 Å². The number of non-ortho nitro benzene ring substituents is 1. The van der Waals surface area contributed by atoms with E-state index in [1.807, 2.05) is 30.5 Å². The molecule has 0 aromatic heterocycles. The number of benzene rings is 2. The van der Waals surface area contributed by atoms with Gasteiger partial charge in [-0.2, -0.15) is 5.10 Å². The molecule has 7 heteroatoms. The number of hydrogen-bond acceptors (Lipinski definition) is 5. The van der Waals surface area contributed by atoms with Crippen LogP contribution in [0.25, 0.3) is 0 Å². The molecule has 0 spiro atoms. The Morgan fingerprint density at radius 3 is 2.64 bits per heavy atom. The number of nitro benzene ring substituents is 1. The highest BCUT2D eigenvalue weighted by Gasteiger charge is 2.10. The van der Waals surface area contributed by atoms with E-state index in [9.17, 15) is 14.9 Å². The average molecular weight is 315 g/mol. The number of thioether (sulfide) groups is 1. The van der Waals surface area contributed by atoms with Crippen LogP contribution in [0.3, 0.4) is 0 Å². The quantitative estimate of drug-likeness (QED) is 0.398. The van der Waals surface area contributed by atoms with Crippen molar-refractivity contribution in [3.05, 3.63) is 69.8 Å². The molecule has 2 rings (SSSR count). The molecular weight excluding hydrogens is 302 g/mol. The van der Waals surface area contributed by atoms with Crippen molar-refractivity contribution in [2.75, 3.05) is 6.26 Å². The minimum Gasteiger partial charge on any atom is -0.267 e. The summed E-state index contributed by atoms with van der Waals surface area (Å²) in [5, 5.41) is 14.5. The maximum Gasteiger partial charge on any atom is 0.271 e. The van der Waals surface area contributed by atoms with E-state index < -0.39 is 10.8 Å². The normalized spacial score (nSPS) is 10.6. The first-order valence-corrected chi connectivity index (χ1v) is 7.54. The Labute approximate surface area is 131 Å². The van der Waals surface area contributed by atoms with Gasteiger partial charge in [0.15, 0.2) is 0 Å². The highest BCUT2D eigenvalue weighted by atomic mass is 32.2. The monoisotopic (exact) mass is 315 g/mol. The third-order valence-electron chi connectivity index (χ3n) is 2.81. The van der Waals surface area contributed by atoms with Crippen molar-refractivity contribution in [1.29, 1.82) is 0 Å². The largest absolute Gasteiger partial charge is 0.271 e. The molecular formula is C15H13N3O3S. The highest BCUT2D eigenvalue weighted by Crippen LogP contribution is 2.14. The molecule has 2 aromatic carbocycles. The first-order valence-electron chi connectivity index (χ1n) is 6.32. The summed E-state index contributed by atoms with van der Waals surface area (Å²) in [5.74, 6) is -0.499. The van der Waals surface area contributed by atoms with Gasteiger partial charge >= 0.3 is 0 Å². The molecule has 6 nitrogen and oxygen atoms in total. The van der Waals surface area contributed by atoms with Gasteiger partial charge in [0.25, 0.3) is 11.6 Å². The molecule has 112 valence electrons. The topological polar surface area (TPSA) is 84.6 Å². The van der Waals surface area contributed by atoms with Gasteiger partial charge in [0.05, 0.1) is 11.1 Å². The Morgan fingerprint density at radius 2 is 2.00 bits per heavy atom. The van der Waals surface area contributed by atoms with Gasteiger partial charge in [0, 0.05) is 22.6 Å². The number of hydrogen-bond donors (Lipinski definition) is 1. The molecule has 1 N–H and O–H groups in total. The van der Waals surface area contributed by atoms with Gasteiger partial charge in [-0.15, -0.1) is 11.8 Å². The lowest BCUT2D eigenvalue weighted by Gasteiger charge is -2.00. The molecule has 0 unspecified atom stereocenters. The summed E-state index contributed by atoms with van der Waals surface area (Å²) in [6.07, 6.45) is 3.50. The third kappa shape index (κ3) is 4.16. The van der Waals surface area contributed by atoms with Crippen LogP contribution in [-0.4, -0.2) is 23.3 Å². The molecule has 0 fully saturated rings. The highest BCUT2D eigenvalue weighted by molar-refractivity contribution is 7.98. The van der Waals surface area contributed by atoms with Crippen LogP contribution in [0.1, 0.15) is 15.9 Å². The number of carbonyl (C=O) groups is 1. The fraction of sp³-hybridized carbons (Fsp3) is 0.0667. The Hall–Kier alpha value is -2.67. The van der Waals surface area contributed by atoms with E-state index in [1.165, 1.54) is 30.5 Å². The zero-order valence-corrected chi connectivity index (χ0v) is 12.5. The van der Waals surface area contributed by atoms with E-state index in [4.69, 9.17) is 0 Å². The van der Waals surface area contributed by atoms with Crippen LogP contribution < -0.4 is 5.43 Å². The number of nitrogens with zero attached hydrogens (tertiary/aromatic N) is 2. The molecule has 0 radical (unpaired) electrons. The summed E-state index contributed by atoms with van der Waals surface area (Å²) in [7, 11) is 0. The molecule has 0 aliphatic heterocycles. The Kier molecular flexibility index (Phi) is 5.26. The molecule has 0 bridgehead atoms. The van der Waals surface area contributed by atoms with E-state index >= 15 is 0 Å². The van der Waals surface area contributed by atoms with Crippen molar-refractivity contribution in [1.82, 2.24) is 5.43 Å². The van der Waals surface area contributed by atoms with Crippen molar-refractivity contribution in [3.8, 4) is 0 Å². The van der Waals surface area contributed by atoms with Crippen LogP contribution in [0.5, 0.6) is 0 Å². The average Bonchev–Trinajstić information content (AvgIpc) is 2.55. The zero-order chi connectivity index (χ0) is 15.9. The van der Waals surface area contributed by atoms with E-state index in [2.05, 4.69) is 10.5 Å². The Morgan fingerprint density at radius 1 is 1.27 bits per heavy atom. The second kappa shape index (κ2) is 7.37. The van der Waals surface area contributed by atoms with Crippen molar-refractivity contribution < 1.29 is 9.72 Å². The van der Waals surface area contributed by atoms with E-state index in [-0.39, 0.29) is 11.3 Å². The van der Waals surface area contributed by atoms with Gasteiger partial charge in [-0.1, -0.05) is 18.2 Å². The molecule has 0 heterocycles. The van der Waals surface area contributed by atoms with Crippen LogP contribution in [-0.2, 0) is 0 Å². The number of nitrogens with one attached hydrogen (secondary N) is 1. The van der Waals surface area contributed by atoms with Gasteiger partial charge in [0.2, 0.25) is 0 Å². The van der Waals surface area contributed by atoms with Crippen molar-refractivity contribution >= 4 is 29.6 Å². The zero-order valence-electron chi connectivity index (χ0n) is 11.7. The molecule has 0 saturated carbocycles. The molecule has 0 saturated heterocycles. The molecule has 1 amide bonds. The van der Waals surface area contributed by atoms with Crippen molar-refractivity contribution in [3.63, 3.8) is 0 Å². The van der Waals surface area contributed by atoms with Gasteiger partial charge in [-0.25, -0.2) is 5.43 Å². The summed E-state index contributed by atoms with van der Waals surface area (Å²) in [6, 6.07) is 13.2. The lowest BCUT2D eigenvalue weighted by molar-refractivity contribution is -0.384. The van der Waals surface area contributed by atoms with Gasteiger partial charge in [-0.3, -0.25) is 14.9 Å². The molecule has 0 aliphatic rings. The van der Waals surface area contributed by atoms with E-state index in [1.54, 1.807) is 11.8 Å². The number of carbonyl (C=O) groups excluding carboxylic acids is 1. The number of hydrazone groups is 1. The standard InChI is InChI=1S/C15H13N3O3S/c1-22-14-7-5-11(6-8-14)10-16-17-15(19)12-3-2-4-13(9-12)18(20)21/h2-10H,1H3,(H,17,19)/b16-10+. The maximum atomic E-state index is 11.9. The SMILES string of the molecule is CSc1ccc(/C=N/NC(=O)c2cccc([N+](=O)[O-])c2)cc1. The molecule has 0 atom stereocenters. The van der Waals surface area contributed by atoms with Crippen LogP contribution in [0.2, 0.25) is 0 Å². The number of rotatable bonds is 5. The second-order valence-corrected chi connectivity index (χ2v) is 5.16. The Bertz CT molecular complexity index is 714. The fourth-order valence-electron chi connectivity index (χ4n) is 1.68. The molecule has 0 aliphatic carbocycles. The van der Waals surface area contributed by atoms with E-state index in [0.29, 0.717) is 0 Å². The minimum absolute atomic E-state index is 0.135.